The number of carbonyl (C=O) groups is 5. The highest BCUT2D eigenvalue weighted by atomic mass is 35.5. The first-order valence-corrected chi connectivity index (χ1v) is 11.6. The van der Waals surface area contributed by atoms with Gasteiger partial charge in [0.25, 0.3) is 11.8 Å². The number of amides is 6. The lowest BCUT2D eigenvalue weighted by atomic mass is 9.56. The molecule has 4 aliphatic rings. The Morgan fingerprint density at radius 1 is 1.14 bits per heavy atom. The number of alkyl halides is 2. The third-order valence-corrected chi connectivity index (χ3v) is 9.20. The Morgan fingerprint density at radius 2 is 1.83 bits per heavy atom. The van der Waals surface area contributed by atoms with Crippen molar-refractivity contribution in [2.45, 2.75) is 28.5 Å². The normalized spacial score (nSPS) is 36.1. The minimum Gasteiger partial charge on any atom is -0.508 e. The van der Waals surface area contributed by atoms with Gasteiger partial charge in [0.2, 0.25) is 11.8 Å². The molecule has 0 aromatic heterocycles. The maximum absolute atomic E-state index is 13.4. The van der Waals surface area contributed by atoms with Crippen LogP contribution in [0, 0.1) is 17.8 Å². The maximum atomic E-state index is 13.4. The van der Waals surface area contributed by atoms with Crippen LogP contribution in [-0.4, -0.2) is 68.5 Å². The van der Waals surface area contributed by atoms with E-state index in [0.717, 1.165) is 4.90 Å². The van der Waals surface area contributed by atoms with Crippen molar-refractivity contribution >= 4 is 52.9 Å². The standard InChI is InChI=1S/C23H21Cl2N3O7/c1-27-19(32)22(24)8-13-10(5-6-12-15(13)18(31)28(17(12)30)21(26)34)16(23(22,25)20(27)33)11-4-3-9(35-2)7-14(11)29/h3-5,7,12-13,15-16,29H,6,8H2,1-2H3,(H2,26,34). The fraction of sp³-hybridized carbons (Fsp3) is 0.435. The van der Waals surface area contributed by atoms with E-state index in [9.17, 15) is 29.1 Å². The number of phenols is 1. The number of imide groups is 4. The average Bonchev–Trinajstić information content (AvgIpc) is 3.14. The Bertz CT molecular complexity index is 1270. The topological polar surface area (TPSA) is 147 Å². The van der Waals surface area contributed by atoms with Gasteiger partial charge in [-0.3, -0.25) is 24.1 Å². The van der Waals surface area contributed by atoms with Crippen LogP contribution in [0.3, 0.4) is 0 Å². The molecule has 2 aliphatic carbocycles. The summed E-state index contributed by atoms with van der Waals surface area (Å²) in [6.45, 7) is 0. The molecule has 6 atom stereocenters. The number of allylic oxidation sites excluding steroid dienone is 2. The number of rotatable bonds is 2. The number of benzene rings is 1. The van der Waals surface area contributed by atoms with Crippen molar-refractivity contribution in [2.24, 2.45) is 23.5 Å². The molecule has 12 heteroatoms. The molecule has 0 radical (unpaired) electrons. The predicted octanol–water partition coefficient (Wildman–Crippen LogP) is 1.47. The van der Waals surface area contributed by atoms with Gasteiger partial charge in [-0.1, -0.05) is 17.7 Å². The van der Waals surface area contributed by atoms with Crippen LogP contribution in [0.1, 0.15) is 24.3 Å². The number of likely N-dealkylation sites (tertiary alicyclic amines) is 2. The van der Waals surface area contributed by atoms with Crippen LogP contribution in [0.25, 0.3) is 0 Å². The second-order valence-electron chi connectivity index (χ2n) is 9.27. The number of halogens is 2. The molecule has 2 saturated heterocycles. The van der Waals surface area contributed by atoms with Crippen molar-refractivity contribution in [3.05, 3.63) is 35.4 Å². The van der Waals surface area contributed by atoms with E-state index in [1.54, 1.807) is 12.1 Å². The first-order chi connectivity index (χ1) is 16.4. The van der Waals surface area contributed by atoms with Crippen LogP contribution in [0.5, 0.6) is 11.5 Å². The van der Waals surface area contributed by atoms with Gasteiger partial charge in [0.1, 0.15) is 11.5 Å². The van der Waals surface area contributed by atoms with Crippen LogP contribution < -0.4 is 10.5 Å². The molecule has 6 unspecified atom stereocenters. The van der Waals surface area contributed by atoms with Crippen LogP contribution in [0.2, 0.25) is 0 Å². The van der Waals surface area contributed by atoms with Gasteiger partial charge in [-0.15, -0.1) is 23.2 Å². The lowest BCUT2D eigenvalue weighted by Crippen LogP contribution is -2.60. The third kappa shape index (κ3) is 2.75. The van der Waals surface area contributed by atoms with Gasteiger partial charge >= 0.3 is 6.03 Å². The van der Waals surface area contributed by atoms with E-state index in [-0.39, 0.29) is 24.2 Å². The SMILES string of the molecule is COc1ccc(C2C3=CCC4C(=O)N(C(N)=O)C(=O)C4C3CC3(Cl)C(=O)N(C)C(=O)C23Cl)c(O)c1. The highest BCUT2D eigenvalue weighted by Gasteiger charge is 2.76. The summed E-state index contributed by atoms with van der Waals surface area (Å²) in [4.78, 5) is 61.8. The van der Waals surface area contributed by atoms with Crippen molar-refractivity contribution in [2.75, 3.05) is 14.2 Å². The summed E-state index contributed by atoms with van der Waals surface area (Å²) in [5.41, 5.74) is 5.98. The number of hydrogen-bond acceptors (Lipinski definition) is 7. The zero-order valence-electron chi connectivity index (χ0n) is 18.7. The molecule has 6 amide bonds. The molecule has 35 heavy (non-hydrogen) atoms. The molecule has 2 aliphatic heterocycles. The Labute approximate surface area is 209 Å². The summed E-state index contributed by atoms with van der Waals surface area (Å²) in [5.74, 6) is -6.72. The smallest absolute Gasteiger partial charge is 0.328 e. The fourth-order valence-corrected chi connectivity index (χ4v) is 7.21. The van der Waals surface area contributed by atoms with Gasteiger partial charge in [-0.25, -0.2) is 4.79 Å². The van der Waals surface area contributed by atoms with Gasteiger partial charge < -0.3 is 15.6 Å². The van der Waals surface area contributed by atoms with Gasteiger partial charge in [-0.05, 0) is 24.8 Å². The van der Waals surface area contributed by atoms with E-state index in [1.807, 2.05) is 0 Å². The van der Waals surface area contributed by atoms with E-state index in [1.165, 1.54) is 26.3 Å². The molecule has 0 bridgehead atoms. The van der Waals surface area contributed by atoms with Gasteiger partial charge in [0, 0.05) is 24.6 Å². The first-order valence-electron chi connectivity index (χ1n) is 10.8. The molecule has 1 saturated carbocycles. The zero-order valence-corrected chi connectivity index (χ0v) is 20.2. The van der Waals surface area contributed by atoms with Crippen LogP contribution >= 0.6 is 23.2 Å². The molecule has 184 valence electrons. The molecule has 3 fully saturated rings. The Morgan fingerprint density at radius 3 is 2.43 bits per heavy atom. The maximum Gasteiger partial charge on any atom is 0.328 e. The first kappa shape index (κ1) is 23.6. The van der Waals surface area contributed by atoms with E-state index in [0.29, 0.717) is 16.2 Å². The molecule has 1 aromatic rings. The number of phenolic OH excluding ortho intramolecular Hbond substituents is 1. The Hall–Kier alpha value is -3.11. The van der Waals surface area contributed by atoms with E-state index >= 15 is 0 Å². The van der Waals surface area contributed by atoms with Crippen molar-refractivity contribution in [3.63, 3.8) is 0 Å². The van der Waals surface area contributed by atoms with E-state index < -0.39 is 63.1 Å². The molecule has 1 aromatic carbocycles. The highest BCUT2D eigenvalue weighted by molar-refractivity contribution is 6.53. The molecule has 0 spiro atoms. The van der Waals surface area contributed by atoms with Crippen LogP contribution in [0.4, 0.5) is 4.79 Å². The average molecular weight is 522 g/mol. The number of aromatic hydroxyl groups is 1. The Kier molecular flexibility index (Phi) is 5.02. The van der Waals surface area contributed by atoms with Crippen molar-refractivity contribution < 1.29 is 33.8 Å². The fourth-order valence-electron chi connectivity index (χ4n) is 6.20. The number of methoxy groups -OCH3 is 1. The highest BCUT2D eigenvalue weighted by Crippen LogP contribution is 2.66. The zero-order chi connectivity index (χ0) is 25.6. The second kappa shape index (κ2) is 7.44. The summed E-state index contributed by atoms with van der Waals surface area (Å²) < 4.78 is 5.15. The van der Waals surface area contributed by atoms with Gasteiger partial charge in [0.15, 0.2) is 9.75 Å². The van der Waals surface area contributed by atoms with Gasteiger partial charge in [-0.2, -0.15) is 4.90 Å². The van der Waals surface area contributed by atoms with Crippen LogP contribution in [-0.2, 0) is 19.2 Å². The minimum absolute atomic E-state index is 0.0818. The lowest BCUT2D eigenvalue weighted by molar-refractivity contribution is -0.139. The monoisotopic (exact) mass is 521 g/mol. The molecular formula is C23H21Cl2N3O7. The summed E-state index contributed by atoms with van der Waals surface area (Å²) >= 11 is 14.0. The van der Waals surface area contributed by atoms with Gasteiger partial charge in [0.05, 0.1) is 18.9 Å². The number of carbonyl (C=O) groups excluding carboxylic acids is 5. The number of urea groups is 1. The molecule has 5 rings (SSSR count). The molecule has 10 nitrogen and oxygen atoms in total. The summed E-state index contributed by atoms with van der Waals surface area (Å²) in [6.07, 6.45) is 1.55. The van der Waals surface area contributed by atoms with E-state index in [4.69, 9.17) is 33.7 Å². The van der Waals surface area contributed by atoms with E-state index in [2.05, 4.69) is 0 Å². The van der Waals surface area contributed by atoms with Crippen molar-refractivity contribution in [1.82, 2.24) is 9.80 Å². The number of hydrogen-bond donors (Lipinski definition) is 2. The quantitative estimate of drug-likeness (QED) is 0.340. The number of fused-ring (bicyclic) bond motifs is 4. The van der Waals surface area contributed by atoms with Crippen molar-refractivity contribution in [1.29, 1.82) is 0 Å². The summed E-state index contributed by atoms with van der Waals surface area (Å²) in [5, 5.41) is 10.9. The largest absolute Gasteiger partial charge is 0.508 e. The number of nitrogens with zero attached hydrogens (tertiary/aromatic N) is 2. The molecular weight excluding hydrogens is 501 g/mol. The minimum atomic E-state index is -2.02. The second-order valence-corrected chi connectivity index (χ2v) is 10.5. The summed E-state index contributed by atoms with van der Waals surface area (Å²) in [7, 11) is 2.69. The number of ether oxygens (including phenoxy) is 1. The predicted molar refractivity (Wildman–Crippen MR) is 122 cm³/mol. The lowest BCUT2D eigenvalue weighted by Gasteiger charge is -2.50. The number of primary amides is 1. The number of nitrogens with two attached hydrogens (primary N) is 1. The van der Waals surface area contributed by atoms with Crippen LogP contribution in [0.15, 0.2) is 29.8 Å². The summed E-state index contributed by atoms with van der Waals surface area (Å²) in [6, 6.07) is 3.23. The molecule has 2 heterocycles. The van der Waals surface area contributed by atoms with Crippen molar-refractivity contribution in [3.8, 4) is 11.5 Å². The molecule has 3 N–H and O–H groups in total. The Balaban J connectivity index is 1.74. The third-order valence-electron chi connectivity index (χ3n) is 7.78.